The molecule has 80 valence electrons. The summed E-state index contributed by atoms with van der Waals surface area (Å²) in [6.07, 6.45) is 0. The van der Waals surface area contributed by atoms with E-state index in [-0.39, 0.29) is 22.0 Å². The number of hydrogen-bond donors (Lipinski definition) is 1. The molecule has 0 aromatic heterocycles. The van der Waals surface area contributed by atoms with E-state index in [9.17, 15) is 8.42 Å². The molecule has 1 aromatic rings. The van der Waals surface area contributed by atoms with Gasteiger partial charge < -0.3 is 5.73 Å². The molecule has 0 bridgehead atoms. The maximum Gasteiger partial charge on any atom is 0.261 e. The number of nitrogens with two attached hydrogens (primary N) is 1. The molecule has 0 radical (unpaired) electrons. The number of hydrogen-bond acceptors (Lipinski definition) is 4. The number of nitrogens with zero attached hydrogens (tertiary/aromatic N) is 1. The van der Waals surface area contributed by atoms with E-state index in [2.05, 4.69) is 0 Å². The summed E-state index contributed by atoms with van der Waals surface area (Å²) in [7, 11) is 1.28. The van der Waals surface area contributed by atoms with Crippen LogP contribution in [0.2, 0.25) is 5.02 Å². The third kappa shape index (κ3) is 2.61. The van der Waals surface area contributed by atoms with E-state index in [1.165, 1.54) is 6.07 Å². The van der Waals surface area contributed by atoms with Gasteiger partial charge >= 0.3 is 0 Å². The van der Waals surface area contributed by atoms with Crippen LogP contribution in [-0.4, -0.2) is 8.42 Å². The summed E-state index contributed by atoms with van der Waals surface area (Å²) in [6.45, 7) is 0.0167. The number of nitriles is 1. The standard InChI is InChI=1S/C8H6Cl2N2O2S/c9-8-2-6(15(10,13)14)1-5(3-11)7(8)4-12/h1-2H,3,11H2. The zero-order valence-corrected chi connectivity index (χ0v) is 9.70. The van der Waals surface area contributed by atoms with Crippen molar-refractivity contribution in [2.75, 3.05) is 0 Å². The minimum absolute atomic E-state index is 0.0167. The van der Waals surface area contributed by atoms with Gasteiger partial charge in [-0.1, -0.05) is 11.6 Å². The van der Waals surface area contributed by atoms with E-state index in [0.29, 0.717) is 5.56 Å². The lowest BCUT2D eigenvalue weighted by Gasteiger charge is -2.05. The van der Waals surface area contributed by atoms with E-state index in [4.69, 9.17) is 33.3 Å². The second-order valence-corrected chi connectivity index (χ2v) is 5.67. The summed E-state index contributed by atoms with van der Waals surface area (Å²) in [5.41, 5.74) is 5.88. The van der Waals surface area contributed by atoms with E-state index in [1.807, 2.05) is 6.07 Å². The van der Waals surface area contributed by atoms with Gasteiger partial charge in [0.2, 0.25) is 0 Å². The Bertz CT molecular complexity index is 534. The molecule has 1 rings (SSSR count). The van der Waals surface area contributed by atoms with Crippen LogP contribution in [-0.2, 0) is 15.6 Å². The molecule has 4 nitrogen and oxygen atoms in total. The molecule has 0 aliphatic carbocycles. The first-order valence-electron chi connectivity index (χ1n) is 3.77. The predicted octanol–water partition coefficient (Wildman–Crippen LogP) is 1.60. The SMILES string of the molecule is N#Cc1c(Cl)cc(S(=O)(=O)Cl)cc1CN. The van der Waals surface area contributed by atoms with Crippen molar-refractivity contribution in [3.05, 3.63) is 28.3 Å². The molecule has 0 aliphatic heterocycles. The quantitative estimate of drug-likeness (QED) is 0.823. The van der Waals surface area contributed by atoms with E-state index in [1.54, 1.807) is 0 Å². The molecule has 0 aliphatic rings. The molecule has 0 saturated heterocycles. The lowest BCUT2D eigenvalue weighted by Crippen LogP contribution is -2.03. The molecular weight excluding hydrogens is 259 g/mol. The minimum atomic E-state index is -3.86. The Hall–Kier alpha value is -0.800. The molecular formula is C8H6Cl2N2O2S. The van der Waals surface area contributed by atoms with Gasteiger partial charge in [0.05, 0.1) is 15.5 Å². The van der Waals surface area contributed by atoms with Gasteiger partial charge in [-0.05, 0) is 17.7 Å². The normalized spacial score (nSPS) is 11.1. The second kappa shape index (κ2) is 4.37. The molecule has 0 heterocycles. The van der Waals surface area contributed by atoms with Crippen molar-refractivity contribution >= 4 is 31.3 Å². The van der Waals surface area contributed by atoms with Gasteiger partial charge in [0.1, 0.15) is 6.07 Å². The largest absolute Gasteiger partial charge is 0.326 e. The highest BCUT2D eigenvalue weighted by molar-refractivity contribution is 8.13. The number of benzene rings is 1. The molecule has 1 aromatic carbocycles. The maximum atomic E-state index is 11.0. The van der Waals surface area contributed by atoms with Crippen molar-refractivity contribution < 1.29 is 8.42 Å². The molecule has 2 N–H and O–H groups in total. The Morgan fingerprint density at radius 2 is 2.07 bits per heavy atom. The molecule has 0 atom stereocenters. The highest BCUT2D eigenvalue weighted by Gasteiger charge is 2.15. The van der Waals surface area contributed by atoms with E-state index in [0.717, 1.165) is 6.07 Å². The molecule has 7 heteroatoms. The zero-order chi connectivity index (χ0) is 11.6. The van der Waals surface area contributed by atoms with Crippen LogP contribution in [0.25, 0.3) is 0 Å². The monoisotopic (exact) mass is 264 g/mol. The molecule has 0 saturated carbocycles. The maximum absolute atomic E-state index is 11.0. The van der Waals surface area contributed by atoms with Crippen LogP contribution in [0.4, 0.5) is 0 Å². The lowest BCUT2D eigenvalue weighted by atomic mass is 10.1. The first kappa shape index (κ1) is 12.3. The van der Waals surface area contributed by atoms with Crippen LogP contribution in [0, 0.1) is 11.3 Å². The van der Waals surface area contributed by atoms with Gasteiger partial charge in [-0.25, -0.2) is 8.42 Å². The van der Waals surface area contributed by atoms with Crippen LogP contribution < -0.4 is 5.73 Å². The fraction of sp³-hybridized carbons (Fsp3) is 0.125. The van der Waals surface area contributed by atoms with Crippen molar-refractivity contribution in [2.45, 2.75) is 11.4 Å². The average Bonchev–Trinajstić information content (AvgIpc) is 2.15. The van der Waals surface area contributed by atoms with Crippen LogP contribution in [0.5, 0.6) is 0 Å². The lowest BCUT2D eigenvalue weighted by molar-refractivity contribution is 0.609. The van der Waals surface area contributed by atoms with Gasteiger partial charge in [-0.15, -0.1) is 0 Å². The first-order valence-corrected chi connectivity index (χ1v) is 6.46. The first-order chi connectivity index (χ1) is 6.90. The van der Waals surface area contributed by atoms with E-state index >= 15 is 0 Å². The molecule has 0 unspecified atom stereocenters. The summed E-state index contributed by atoms with van der Waals surface area (Å²) in [4.78, 5) is -0.159. The van der Waals surface area contributed by atoms with Gasteiger partial charge in [0.25, 0.3) is 9.05 Å². The predicted molar refractivity (Wildman–Crippen MR) is 57.1 cm³/mol. The summed E-state index contributed by atoms with van der Waals surface area (Å²) in [6, 6.07) is 4.21. The fourth-order valence-electron chi connectivity index (χ4n) is 1.06. The number of halogens is 2. The van der Waals surface area contributed by atoms with Crippen molar-refractivity contribution in [2.24, 2.45) is 5.73 Å². The topological polar surface area (TPSA) is 84.0 Å². The van der Waals surface area contributed by atoms with Crippen LogP contribution >= 0.6 is 22.3 Å². The fourth-order valence-corrected chi connectivity index (χ4v) is 2.22. The Kier molecular flexibility index (Phi) is 3.58. The number of rotatable bonds is 2. The van der Waals surface area contributed by atoms with Crippen molar-refractivity contribution in [3.8, 4) is 6.07 Å². The third-order valence-corrected chi connectivity index (χ3v) is 3.39. The van der Waals surface area contributed by atoms with Crippen molar-refractivity contribution in [1.82, 2.24) is 0 Å². The highest BCUT2D eigenvalue weighted by atomic mass is 35.7. The Morgan fingerprint density at radius 1 is 1.47 bits per heavy atom. The van der Waals surface area contributed by atoms with Crippen molar-refractivity contribution in [3.63, 3.8) is 0 Å². The zero-order valence-electron chi connectivity index (χ0n) is 7.37. The summed E-state index contributed by atoms with van der Waals surface area (Å²) < 4.78 is 22.1. The van der Waals surface area contributed by atoms with Gasteiger partial charge in [0, 0.05) is 17.2 Å². The highest BCUT2D eigenvalue weighted by Crippen LogP contribution is 2.26. The summed E-state index contributed by atoms with van der Waals surface area (Å²) in [5.74, 6) is 0. The Balaban J connectivity index is 3.54. The summed E-state index contributed by atoms with van der Waals surface area (Å²) in [5, 5.41) is 8.78. The molecule has 0 fully saturated rings. The minimum Gasteiger partial charge on any atom is -0.326 e. The van der Waals surface area contributed by atoms with Crippen molar-refractivity contribution in [1.29, 1.82) is 5.26 Å². The summed E-state index contributed by atoms with van der Waals surface area (Å²) >= 11 is 5.72. The molecule has 15 heavy (non-hydrogen) atoms. The molecule has 0 amide bonds. The van der Waals surface area contributed by atoms with Gasteiger partial charge in [-0.3, -0.25) is 0 Å². The smallest absolute Gasteiger partial charge is 0.261 e. The molecule has 0 spiro atoms. The average molecular weight is 265 g/mol. The Labute approximate surface area is 96.6 Å². The van der Waals surface area contributed by atoms with Gasteiger partial charge in [0.15, 0.2) is 0 Å². The van der Waals surface area contributed by atoms with Crippen LogP contribution in [0.15, 0.2) is 17.0 Å². The third-order valence-electron chi connectivity index (χ3n) is 1.76. The van der Waals surface area contributed by atoms with Crippen LogP contribution in [0.3, 0.4) is 0 Å². The van der Waals surface area contributed by atoms with Gasteiger partial charge in [-0.2, -0.15) is 5.26 Å². The second-order valence-electron chi connectivity index (χ2n) is 2.69. The van der Waals surface area contributed by atoms with E-state index < -0.39 is 9.05 Å². The Morgan fingerprint density at radius 3 is 2.47 bits per heavy atom. The van der Waals surface area contributed by atoms with Crippen LogP contribution in [0.1, 0.15) is 11.1 Å².